The number of nitrogens with one attached hydrogen (secondary N) is 1. The summed E-state index contributed by atoms with van der Waals surface area (Å²) in [6, 6.07) is 0. The number of hydrogen-bond donors (Lipinski definition) is 1. The lowest BCUT2D eigenvalue weighted by Gasteiger charge is -2.15. The van der Waals surface area contributed by atoms with Gasteiger partial charge in [0, 0.05) is 0 Å². The van der Waals surface area contributed by atoms with Crippen molar-refractivity contribution in [3.8, 4) is 0 Å². The molecule has 1 aromatic rings. The molecule has 3 heterocycles. The van der Waals surface area contributed by atoms with Crippen LogP contribution in [0.5, 0.6) is 0 Å². The zero-order chi connectivity index (χ0) is 7.97. The van der Waals surface area contributed by atoms with E-state index >= 15 is 0 Å². The van der Waals surface area contributed by atoms with Gasteiger partial charge in [-0.05, 0) is 5.41 Å². The van der Waals surface area contributed by atoms with E-state index in [-0.39, 0.29) is 0 Å². The van der Waals surface area contributed by atoms with Crippen LogP contribution in [0.4, 0.5) is 0 Å². The molecule has 3 rings (SSSR count). The van der Waals surface area contributed by atoms with Gasteiger partial charge >= 0.3 is 0 Å². The van der Waals surface area contributed by atoms with Gasteiger partial charge in [0.15, 0.2) is 0 Å². The normalized spacial score (nSPS) is 30.3. The third-order valence-corrected chi connectivity index (χ3v) is 3.08. The van der Waals surface area contributed by atoms with E-state index in [2.05, 4.69) is 31.9 Å². The van der Waals surface area contributed by atoms with Gasteiger partial charge in [-0.15, -0.1) is 11.8 Å². The summed E-state index contributed by atoms with van der Waals surface area (Å²) in [5, 5.41) is 13.1. The van der Waals surface area contributed by atoms with Crippen LogP contribution in [0.15, 0.2) is 16.5 Å². The molecule has 2 aliphatic rings. The van der Waals surface area contributed by atoms with Crippen molar-refractivity contribution in [1.29, 1.82) is 0 Å². The molecule has 2 aliphatic heterocycles. The topological polar surface area (TPSA) is 53.9 Å². The smallest absolute Gasteiger partial charge is 0.127 e. The van der Waals surface area contributed by atoms with Gasteiger partial charge < -0.3 is 0 Å². The van der Waals surface area contributed by atoms with Crippen LogP contribution >= 0.6 is 11.8 Å². The van der Waals surface area contributed by atoms with Gasteiger partial charge in [0.25, 0.3) is 0 Å². The van der Waals surface area contributed by atoms with Crippen LogP contribution in [0.1, 0.15) is 17.3 Å². The Morgan fingerprint density at radius 1 is 1.42 bits per heavy atom. The Balaban J connectivity index is 2.17. The molecule has 5 heteroatoms. The van der Waals surface area contributed by atoms with E-state index in [0.29, 0.717) is 11.3 Å². The van der Waals surface area contributed by atoms with E-state index in [1.165, 1.54) is 0 Å². The fraction of sp³-hybridized carbons (Fsp3) is 0.286. The minimum atomic E-state index is 0.294. The largest absolute Gasteiger partial charge is 0.275 e. The van der Waals surface area contributed by atoms with Crippen LogP contribution in [-0.4, -0.2) is 27.0 Å². The maximum Gasteiger partial charge on any atom is 0.127 e. The Hall–Kier alpha value is -1.10. The summed E-state index contributed by atoms with van der Waals surface area (Å²) >= 11 is 1.73. The maximum absolute atomic E-state index is 4.36. The molecule has 0 bridgehead atoms. The fourth-order valence-corrected chi connectivity index (χ4v) is 2.42. The summed E-state index contributed by atoms with van der Waals surface area (Å²) in [5.41, 5.74) is 1.90. The number of aliphatic imine (C=N–C) groups is 1. The number of thioether (sulfide) groups is 1. The number of hydrogen-bond acceptors (Lipinski definition) is 4. The van der Waals surface area contributed by atoms with Crippen LogP contribution in [0.25, 0.3) is 0 Å². The standard InChI is InChI=1S/C7H6N4S/c1-2-12-7-4(1)6-5(3-8-7)9-11-10-6/h1-4,7H,(H,9,10,11). The number of fused-ring (bicyclic) bond motifs is 3. The van der Waals surface area contributed by atoms with Crippen LogP contribution in [0.2, 0.25) is 0 Å². The monoisotopic (exact) mass is 178 g/mol. The highest BCUT2D eigenvalue weighted by Gasteiger charge is 2.31. The van der Waals surface area contributed by atoms with E-state index in [4.69, 9.17) is 0 Å². The lowest BCUT2D eigenvalue weighted by atomic mass is 10.0. The average molecular weight is 178 g/mol. The predicted octanol–water partition coefficient (Wildman–Crippen LogP) is 0.907. The first-order valence-electron chi connectivity index (χ1n) is 3.71. The van der Waals surface area contributed by atoms with E-state index < -0.39 is 0 Å². The number of aromatic amines is 1. The molecule has 0 radical (unpaired) electrons. The summed E-state index contributed by atoms with van der Waals surface area (Å²) in [5.74, 6) is 0.328. The van der Waals surface area contributed by atoms with E-state index in [1.54, 1.807) is 18.0 Å². The first kappa shape index (κ1) is 6.42. The number of nitrogens with zero attached hydrogens (tertiary/aromatic N) is 3. The van der Waals surface area contributed by atoms with Gasteiger partial charge in [-0.1, -0.05) is 6.08 Å². The molecule has 0 aliphatic carbocycles. The van der Waals surface area contributed by atoms with Crippen LogP contribution in [0, 0.1) is 0 Å². The molecule has 2 atom stereocenters. The predicted molar refractivity (Wildman–Crippen MR) is 47.2 cm³/mol. The Labute approximate surface area is 73.2 Å². The van der Waals surface area contributed by atoms with Gasteiger partial charge in [-0.2, -0.15) is 15.4 Å². The molecule has 0 saturated carbocycles. The zero-order valence-electron chi connectivity index (χ0n) is 6.14. The third-order valence-electron chi connectivity index (χ3n) is 2.07. The lowest BCUT2D eigenvalue weighted by molar-refractivity contribution is 0.764. The highest BCUT2D eigenvalue weighted by Crippen LogP contribution is 2.39. The third kappa shape index (κ3) is 0.714. The van der Waals surface area contributed by atoms with Crippen molar-refractivity contribution in [1.82, 2.24) is 15.4 Å². The van der Waals surface area contributed by atoms with E-state index in [1.807, 2.05) is 0 Å². The van der Waals surface area contributed by atoms with Crippen molar-refractivity contribution in [3.63, 3.8) is 0 Å². The van der Waals surface area contributed by atoms with Gasteiger partial charge in [0.2, 0.25) is 0 Å². The summed E-state index contributed by atoms with van der Waals surface area (Å²) < 4.78 is 0. The minimum absolute atomic E-state index is 0.294. The summed E-state index contributed by atoms with van der Waals surface area (Å²) in [6.45, 7) is 0. The van der Waals surface area contributed by atoms with Gasteiger partial charge in [-0.25, -0.2) is 0 Å². The molecule has 12 heavy (non-hydrogen) atoms. The molecule has 0 aromatic carbocycles. The van der Waals surface area contributed by atoms with Crippen molar-refractivity contribution in [2.75, 3.05) is 0 Å². The highest BCUT2D eigenvalue weighted by atomic mass is 32.2. The second-order valence-electron chi connectivity index (χ2n) is 2.75. The molecule has 1 N–H and O–H groups in total. The Morgan fingerprint density at radius 2 is 2.42 bits per heavy atom. The van der Waals surface area contributed by atoms with Crippen LogP contribution in [-0.2, 0) is 0 Å². The summed E-state index contributed by atoms with van der Waals surface area (Å²) in [6.07, 6.45) is 3.92. The van der Waals surface area contributed by atoms with Crippen molar-refractivity contribution in [3.05, 3.63) is 22.9 Å². The zero-order valence-corrected chi connectivity index (χ0v) is 6.95. The molecule has 0 saturated heterocycles. The van der Waals surface area contributed by atoms with Gasteiger partial charge in [0.1, 0.15) is 16.8 Å². The molecule has 4 nitrogen and oxygen atoms in total. The number of aromatic nitrogens is 3. The average Bonchev–Trinajstić information content (AvgIpc) is 2.71. The first-order valence-corrected chi connectivity index (χ1v) is 4.65. The molecule has 0 spiro atoms. The fourth-order valence-electron chi connectivity index (χ4n) is 1.48. The molecular formula is C7H6N4S. The first-order chi connectivity index (χ1) is 5.95. The minimum Gasteiger partial charge on any atom is -0.275 e. The molecular weight excluding hydrogens is 172 g/mol. The van der Waals surface area contributed by atoms with Crippen molar-refractivity contribution in [2.45, 2.75) is 11.3 Å². The summed E-state index contributed by atoms with van der Waals surface area (Å²) in [4.78, 5) is 4.36. The summed E-state index contributed by atoms with van der Waals surface area (Å²) in [7, 11) is 0. The lowest BCUT2D eigenvalue weighted by Crippen LogP contribution is -2.14. The highest BCUT2D eigenvalue weighted by molar-refractivity contribution is 8.03. The molecule has 1 aromatic heterocycles. The number of rotatable bonds is 0. The van der Waals surface area contributed by atoms with Crippen molar-refractivity contribution < 1.29 is 0 Å². The van der Waals surface area contributed by atoms with E-state index in [0.717, 1.165) is 11.4 Å². The van der Waals surface area contributed by atoms with E-state index in [9.17, 15) is 0 Å². The Morgan fingerprint density at radius 3 is 3.42 bits per heavy atom. The molecule has 2 unspecified atom stereocenters. The van der Waals surface area contributed by atoms with Crippen molar-refractivity contribution >= 4 is 18.0 Å². The van der Waals surface area contributed by atoms with Gasteiger partial charge in [-0.3, -0.25) is 4.99 Å². The Bertz CT molecular complexity index is 367. The van der Waals surface area contributed by atoms with Gasteiger partial charge in [0.05, 0.1) is 12.1 Å². The molecule has 60 valence electrons. The number of H-pyrrole nitrogens is 1. The van der Waals surface area contributed by atoms with Crippen molar-refractivity contribution in [2.24, 2.45) is 4.99 Å². The molecule has 0 fully saturated rings. The second-order valence-corrected chi connectivity index (χ2v) is 3.78. The Kier molecular flexibility index (Phi) is 1.17. The second kappa shape index (κ2) is 2.20. The quantitative estimate of drug-likeness (QED) is 0.642. The van der Waals surface area contributed by atoms with Crippen LogP contribution in [0.3, 0.4) is 0 Å². The SMILES string of the molecule is C1=CC2c3n[nH]nc3C=NC2S1. The van der Waals surface area contributed by atoms with Crippen LogP contribution < -0.4 is 0 Å². The maximum atomic E-state index is 4.36. The molecule has 0 amide bonds.